The minimum atomic E-state index is -4.61. The van der Waals surface area contributed by atoms with E-state index in [1.54, 1.807) is 0 Å². The van der Waals surface area contributed by atoms with E-state index in [9.17, 15) is 19.0 Å². The number of carbonyl (C=O) groups excluding carboxylic acids is 2. The minimum absolute atomic E-state index is 0.0344. The minimum Gasteiger partial charge on any atom is -0.756 e. The third-order valence-electron chi connectivity index (χ3n) is 7.41. The largest absolute Gasteiger partial charge is 0.756 e. The molecule has 274 valence electrons. The summed E-state index contributed by atoms with van der Waals surface area (Å²) in [6, 6.07) is 0. The van der Waals surface area contributed by atoms with E-state index < -0.39 is 32.5 Å². The molecule has 0 amide bonds. The summed E-state index contributed by atoms with van der Waals surface area (Å²) in [6.07, 6.45) is 30.9. The summed E-state index contributed by atoms with van der Waals surface area (Å²) in [4.78, 5) is 36.9. The van der Waals surface area contributed by atoms with Crippen molar-refractivity contribution in [2.45, 2.75) is 142 Å². The SMILES string of the molecule is CCCCC/C=C\C/C=C\C/C=C\CCCCCCCCC(=O)OC(COC(=O)CCCCCC)COP(=O)([O-])OCC[N+](C)(C)C. The summed E-state index contributed by atoms with van der Waals surface area (Å²) in [5.74, 6) is -0.873. The summed E-state index contributed by atoms with van der Waals surface area (Å²) in [7, 11) is 1.15. The van der Waals surface area contributed by atoms with Crippen LogP contribution in [0.4, 0.5) is 0 Å². The van der Waals surface area contributed by atoms with Crippen molar-refractivity contribution in [3.8, 4) is 0 Å². The molecule has 0 aliphatic rings. The molecule has 0 aromatic heterocycles. The van der Waals surface area contributed by atoms with Crippen molar-refractivity contribution in [2.75, 3.05) is 47.5 Å². The van der Waals surface area contributed by atoms with Gasteiger partial charge < -0.3 is 27.9 Å². The second-order valence-electron chi connectivity index (χ2n) is 13.2. The Morgan fingerprint density at radius 3 is 1.74 bits per heavy atom. The van der Waals surface area contributed by atoms with Crippen LogP contribution in [0.5, 0.6) is 0 Å². The number of hydrogen-bond donors (Lipinski definition) is 0. The molecule has 47 heavy (non-hydrogen) atoms. The Hall–Kier alpha value is -1.77. The van der Waals surface area contributed by atoms with Gasteiger partial charge in [0.25, 0.3) is 7.82 Å². The zero-order chi connectivity index (χ0) is 35.1. The van der Waals surface area contributed by atoms with E-state index in [4.69, 9.17) is 18.5 Å². The molecule has 0 N–H and O–H groups in total. The van der Waals surface area contributed by atoms with Gasteiger partial charge in [0.1, 0.15) is 19.8 Å². The van der Waals surface area contributed by atoms with Gasteiger partial charge in [0, 0.05) is 12.8 Å². The Balaban J connectivity index is 4.29. The molecule has 0 saturated heterocycles. The van der Waals surface area contributed by atoms with Gasteiger partial charge in [-0.15, -0.1) is 0 Å². The lowest BCUT2D eigenvalue weighted by molar-refractivity contribution is -0.870. The Morgan fingerprint density at radius 2 is 1.15 bits per heavy atom. The van der Waals surface area contributed by atoms with Crippen LogP contribution in [0.3, 0.4) is 0 Å². The Kier molecular flexibility index (Phi) is 29.2. The first kappa shape index (κ1) is 45.2. The quantitative estimate of drug-likeness (QED) is 0.0227. The maximum absolute atomic E-state index is 12.5. The van der Waals surface area contributed by atoms with Crippen LogP contribution in [-0.4, -0.2) is 70.0 Å². The maximum atomic E-state index is 12.5. The lowest BCUT2D eigenvalue weighted by Crippen LogP contribution is -2.37. The van der Waals surface area contributed by atoms with Crippen molar-refractivity contribution in [3.05, 3.63) is 36.5 Å². The molecular weight excluding hydrogens is 617 g/mol. The van der Waals surface area contributed by atoms with Crippen molar-refractivity contribution in [3.63, 3.8) is 0 Å². The van der Waals surface area contributed by atoms with E-state index in [-0.39, 0.29) is 26.1 Å². The summed E-state index contributed by atoms with van der Waals surface area (Å²) < 4.78 is 33.4. The molecule has 0 fully saturated rings. The highest BCUT2D eigenvalue weighted by atomic mass is 31.2. The van der Waals surface area contributed by atoms with Crippen LogP contribution in [-0.2, 0) is 32.7 Å². The number of rotatable bonds is 32. The average Bonchev–Trinajstić information content (AvgIpc) is 3.01. The van der Waals surface area contributed by atoms with Gasteiger partial charge in [0.05, 0.1) is 27.7 Å². The molecule has 0 spiro atoms. The van der Waals surface area contributed by atoms with Crippen molar-refractivity contribution < 1.29 is 42.1 Å². The maximum Gasteiger partial charge on any atom is 0.306 e. The number of esters is 2. The Labute approximate surface area is 287 Å². The molecule has 0 aromatic rings. The van der Waals surface area contributed by atoms with Gasteiger partial charge in [0.2, 0.25) is 0 Å². The molecule has 0 aliphatic carbocycles. The van der Waals surface area contributed by atoms with Gasteiger partial charge in [-0.3, -0.25) is 14.2 Å². The van der Waals surface area contributed by atoms with Crippen molar-refractivity contribution in [2.24, 2.45) is 0 Å². The topological polar surface area (TPSA) is 111 Å². The lowest BCUT2D eigenvalue weighted by Gasteiger charge is -2.28. The number of allylic oxidation sites excluding steroid dienone is 6. The second kappa shape index (κ2) is 30.3. The number of unbranched alkanes of at least 4 members (excludes halogenated alkanes) is 12. The van der Waals surface area contributed by atoms with Gasteiger partial charge in [-0.2, -0.15) is 0 Å². The molecule has 0 aromatic carbocycles. The molecule has 0 radical (unpaired) electrons. The van der Waals surface area contributed by atoms with E-state index >= 15 is 0 Å². The smallest absolute Gasteiger partial charge is 0.306 e. The van der Waals surface area contributed by atoms with Crippen LogP contribution in [0.15, 0.2) is 36.5 Å². The number of nitrogens with zero attached hydrogens (tertiary/aromatic N) is 1. The second-order valence-corrected chi connectivity index (χ2v) is 14.6. The van der Waals surface area contributed by atoms with Gasteiger partial charge in [-0.1, -0.05) is 108 Å². The predicted molar refractivity (Wildman–Crippen MR) is 190 cm³/mol. The standard InChI is InChI=1S/C37H68NO8P/c1-6-8-10-12-13-14-15-16-17-18-19-20-21-22-23-24-25-26-28-30-37(40)46-35(33-43-36(39)29-27-11-9-7-2)34-45-47(41,42)44-32-31-38(3,4)5/h13-14,16-17,19-20,35H,6-12,15,18,21-34H2,1-5H3/b14-13-,17-16-,20-19-. The summed E-state index contributed by atoms with van der Waals surface area (Å²) in [5.41, 5.74) is 0. The van der Waals surface area contributed by atoms with Gasteiger partial charge in [-0.05, 0) is 51.4 Å². The zero-order valence-corrected chi connectivity index (χ0v) is 31.4. The van der Waals surface area contributed by atoms with Crippen molar-refractivity contribution in [1.29, 1.82) is 0 Å². The normalized spacial score (nSPS) is 14.3. The summed E-state index contributed by atoms with van der Waals surface area (Å²) in [6.45, 7) is 4.02. The monoisotopic (exact) mass is 685 g/mol. The number of ether oxygens (including phenoxy) is 2. The molecule has 10 heteroatoms. The fourth-order valence-electron chi connectivity index (χ4n) is 4.48. The number of quaternary nitrogens is 1. The molecule has 0 heterocycles. The van der Waals surface area contributed by atoms with Crippen molar-refractivity contribution in [1.82, 2.24) is 0 Å². The number of likely N-dealkylation sites (N-methyl/N-ethyl adjacent to an activating group) is 1. The number of hydrogen-bond acceptors (Lipinski definition) is 8. The van der Waals surface area contributed by atoms with E-state index in [1.165, 1.54) is 25.7 Å². The van der Waals surface area contributed by atoms with Crippen LogP contribution in [0, 0.1) is 0 Å². The molecule has 2 atom stereocenters. The first-order chi connectivity index (χ1) is 22.5. The average molecular weight is 686 g/mol. The Bertz CT molecular complexity index is 913. The van der Waals surface area contributed by atoms with Crippen LogP contribution in [0.2, 0.25) is 0 Å². The first-order valence-electron chi connectivity index (χ1n) is 18.2. The summed E-state index contributed by atoms with van der Waals surface area (Å²) in [5, 5.41) is 0. The van der Waals surface area contributed by atoms with E-state index in [0.717, 1.165) is 77.0 Å². The lowest BCUT2D eigenvalue weighted by atomic mass is 10.1. The highest BCUT2D eigenvalue weighted by Gasteiger charge is 2.21. The molecule has 9 nitrogen and oxygen atoms in total. The van der Waals surface area contributed by atoms with E-state index in [1.807, 2.05) is 21.1 Å². The van der Waals surface area contributed by atoms with Gasteiger partial charge >= 0.3 is 11.9 Å². The number of carbonyl (C=O) groups is 2. The molecule has 0 rings (SSSR count). The highest BCUT2D eigenvalue weighted by Crippen LogP contribution is 2.38. The fourth-order valence-corrected chi connectivity index (χ4v) is 5.21. The van der Waals surface area contributed by atoms with Gasteiger partial charge in [-0.25, -0.2) is 0 Å². The molecule has 2 unspecified atom stereocenters. The van der Waals surface area contributed by atoms with Crippen LogP contribution < -0.4 is 4.89 Å². The van der Waals surface area contributed by atoms with Crippen LogP contribution >= 0.6 is 7.82 Å². The van der Waals surface area contributed by atoms with Crippen molar-refractivity contribution >= 4 is 19.8 Å². The van der Waals surface area contributed by atoms with E-state index in [0.29, 0.717) is 17.4 Å². The molecular formula is C37H68NO8P. The number of phosphoric acid groups is 1. The molecule has 0 bridgehead atoms. The molecule has 0 aliphatic heterocycles. The summed E-state index contributed by atoms with van der Waals surface area (Å²) >= 11 is 0. The van der Waals surface area contributed by atoms with Gasteiger partial charge in [0.15, 0.2) is 6.10 Å². The molecule has 0 saturated carbocycles. The fraction of sp³-hybridized carbons (Fsp3) is 0.784. The Morgan fingerprint density at radius 1 is 0.660 bits per heavy atom. The highest BCUT2D eigenvalue weighted by molar-refractivity contribution is 7.45. The third-order valence-corrected chi connectivity index (χ3v) is 8.38. The zero-order valence-electron chi connectivity index (χ0n) is 30.5. The number of phosphoric ester groups is 1. The van der Waals surface area contributed by atoms with Crippen LogP contribution in [0.1, 0.15) is 136 Å². The van der Waals surface area contributed by atoms with E-state index in [2.05, 4.69) is 50.3 Å². The predicted octanol–water partition coefficient (Wildman–Crippen LogP) is 8.77. The van der Waals surface area contributed by atoms with Crippen LogP contribution in [0.25, 0.3) is 0 Å². The third kappa shape index (κ3) is 33.9. The first-order valence-corrected chi connectivity index (χ1v) is 19.7.